The molecule has 0 unspecified atom stereocenters. The maximum Gasteiger partial charge on any atom is 0.134 e. The fraction of sp³-hybridized carbons (Fsp3) is 0.786. The molecule has 0 spiro atoms. The number of carbonyl (C=O) groups is 1. The number of hydrogen-bond donors (Lipinski definition) is 1. The van der Waals surface area contributed by atoms with Crippen LogP contribution in [0, 0.1) is 17.3 Å². The first-order valence-corrected chi connectivity index (χ1v) is 6.34. The zero-order valence-corrected chi connectivity index (χ0v) is 10.3. The molecule has 0 heterocycles. The Hall–Kier alpha value is -0.810. The molecule has 0 atom stereocenters. The minimum atomic E-state index is 0.120. The average Bonchev–Trinajstić information content (AvgIpc) is 2.30. The third-order valence-corrected chi connectivity index (χ3v) is 3.63. The van der Waals surface area contributed by atoms with Crippen LogP contribution in [0.3, 0.4) is 0 Å². The number of ketones is 1. The molecule has 2 N–H and O–H groups in total. The van der Waals surface area contributed by atoms with Crippen molar-refractivity contribution in [2.45, 2.75) is 58.3 Å². The van der Waals surface area contributed by atoms with Gasteiger partial charge in [-0.1, -0.05) is 19.3 Å². The van der Waals surface area contributed by atoms with E-state index in [0.717, 1.165) is 12.8 Å². The van der Waals surface area contributed by atoms with E-state index in [-0.39, 0.29) is 5.41 Å². The summed E-state index contributed by atoms with van der Waals surface area (Å²) < 4.78 is 0. The molecular weight excluding hydrogens is 198 g/mol. The van der Waals surface area contributed by atoms with Crippen molar-refractivity contribution in [1.82, 2.24) is 0 Å². The standard InChI is InChI=1S/C14H23NO/c1-2-3-5-8-13(16)11-14(12-15)9-6-4-7-10-14/h4-12,15H2,1H3. The molecule has 0 aromatic carbocycles. The lowest BCUT2D eigenvalue weighted by molar-refractivity contribution is -0.121. The van der Waals surface area contributed by atoms with Crippen LogP contribution in [0.5, 0.6) is 0 Å². The lowest BCUT2D eigenvalue weighted by Crippen LogP contribution is -2.35. The summed E-state index contributed by atoms with van der Waals surface area (Å²) >= 11 is 0. The lowest BCUT2D eigenvalue weighted by Gasteiger charge is -2.35. The van der Waals surface area contributed by atoms with E-state index in [1.54, 1.807) is 0 Å². The number of nitrogens with two attached hydrogens (primary N) is 1. The molecule has 1 rings (SSSR count). The first kappa shape index (κ1) is 13.3. The van der Waals surface area contributed by atoms with Gasteiger partial charge >= 0.3 is 0 Å². The van der Waals surface area contributed by atoms with Gasteiger partial charge in [-0.05, 0) is 31.7 Å². The first-order chi connectivity index (χ1) is 7.72. The van der Waals surface area contributed by atoms with E-state index >= 15 is 0 Å². The summed E-state index contributed by atoms with van der Waals surface area (Å²) in [6.45, 7) is 2.48. The molecule has 0 aliphatic heterocycles. The van der Waals surface area contributed by atoms with Gasteiger partial charge in [0, 0.05) is 19.3 Å². The van der Waals surface area contributed by atoms with Gasteiger partial charge in [0.2, 0.25) is 0 Å². The Kier molecular flexibility index (Phi) is 5.55. The summed E-state index contributed by atoms with van der Waals surface area (Å²) in [7, 11) is 0. The summed E-state index contributed by atoms with van der Waals surface area (Å²) in [5.41, 5.74) is 5.98. The van der Waals surface area contributed by atoms with Crippen molar-refractivity contribution >= 4 is 5.78 Å². The average molecular weight is 221 g/mol. The zero-order valence-electron chi connectivity index (χ0n) is 10.3. The van der Waals surface area contributed by atoms with Crippen LogP contribution in [0.2, 0.25) is 0 Å². The Bertz CT molecular complexity index is 279. The number of hydrogen-bond acceptors (Lipinski definition) is 2. The minimum Gasteiger partial charge on any atom is -0.330 e. The van der Waals surface area contributed by atoms with Crippen LogP contribution in [0.4, 0.5) is 0 Å². The Morgan fingerprint density at radius 1 is 1.31 bits per heavy atom. The van der Waals surface area contributed by atoms with E-state index in [1.165, 1.54) is 19.3 Å². The largest absolute Gasteiger partial charge is 0.330 e. The number of carbonyl (C=O) groups excluding carboxylic acids is 1. The van der Waals surface area contributed by atoms with Crippen LogP contribution in [0.1, 0.15) is 58.3 Å². The minimum absolute atomic E-state index is 0.120. The summed E-state index contributed by atoms with van der Waals surface area (Å²) in [5.74, 6) is 6.11. The maximum atomic E-state index is 11.8. The molecule has 0 aromatic rings. The van der Waals surface area contributed by atoms with Crippen LogP contribution in [0.15, 0.2) is 0 Å². The van der Waals surface area contributed by atoms with E-state index in [0.29, 0.717) is 31.6 Å². The third-order valence-electron chi connectivity index (χ3n) is 3.63. The topological polar surface area (TPSA) is 43.1 Å². The van der Waals surface area contributed by atoms with Gasteiger partial charge < -0.3 is 5.73 Å². The second kappa shape index (κ2) is 6.70. The molecule has 0 amide bonds. The SMILES string of the molecule is CC#CCCC(=O)CC1(CN)CCCCC1. The highest BCUT2D eigenvalue weighted by atomic mass is 16.1. The summed E-state index contributed by atoms with van der Waals surface area (Å²) in [6, 6.07) is 0. The normalized spacial score (nSPS) is 18.6. The molecule has 0 bridgehead atoms. The predicted molar refractivity (Wildman–Crippen MR) is 66.9 cm³/mol. The molecule has 1 fully saturated rings. The molecule has 0 aromatic heterocycles. The monoisotopic (exact) mass is 221 g/mol. The van der Waals surface area contributed by atoms with Crippen LogP contribution in [0.25, 0.3) is 0 Å². The van der Waals surface area contributed by atoms with Crippen molar-refractivity contribution in [3.8, 4) is 11.8 Å². The van der Waals surface area contributed by atoms with E-state index in [2.05, 4.69) is 11.8 Å². The summed E-state index contributed by atoms with van der Waals surface area (Å²) in [5, 5.41) is 0. The molecule has 16 heavy (non-hydrogen) atoms. The maximum absolute atomic E-state index is 11.8. The number of Topliss-reactive ketones (excluding diaryl/α,β-unsaturated/α-hetero) is 1. The zero-order chi connectivity index (χ0) is 11.9. The van der Waals surface area contributed by atoms with Gasteiger partial charge in [0.15, 0.2) is 0 Å². The Morgan fingerprint density at radius 3 is 2.56 bits per heavy atom. The molecule has 90 valence electrons. The van der Waals surface area contributed by atoms with Gasteiger partial charge in [-0.15, -0.1) is 11.8 Å². The first-order valence-electron chi connectivity index (χ1n) is 6.34. The van der Waals surface area contributed by atoms with Gasteiger partial charge in [0.05, 0.1) is 0 Å². The fourth-order valence-electron chi connectivity index (χ4n) is 2.59. The van der Waals surface area contributed by atoms with E-state index in [9.17, 15) is 4.79 Å². The predicted octanol–water partition coefficient (Wildman–Crippen LogP) is 2.66. The summed E-state index contributed by atoms with van der Waals surface area (Å²) in [4.78, 5) is 11.8. The smallest absolute Gasteiger partial charge is 0.134 e. The van der Waals surface area contributed by atoms with Crippen LogP contribution in [-0.4, -0.2) is 12.3 Å². The summed E-state index contributed by atoms with van der Waals surface area (Å²) in [6.07, 6.45) is 8.02. The van der Waals surface area contributed by atoms with E-state index in [4.69, 9.17) is 5.73 Å². The quantitative estimate of drug-likeness (QED) is 0.725. The van der Waals surface area contributed by atoms with Gasteiger partial charge in [-0.3, -0.25) is 4.79 Å². The van der Waals surface area contributed by atoms with Crippen molar-refractivity contribution < 1.29 is 4.79 Å². The number of rotatable bonds is 5. The molecule has 0 radical (unpaired) electrons. The Balaban J connectivity index is 2.41. The van der Waals surface area contributed by atoms with Gasteiger partial charge in [-0.2, -0.15) is 0 Å². The van der Waals surface area contributed by atoms with Crippen molar-refractivity contribution in [1.29, 1.82) is 0 Å². The van der Waals surface area contributed by atoms with Gasteiger partial charge in [-0.25, -0.2) is 0 Å². The Labute approximate surface area is 99.0 Å². The van der Waals surface area contributed by atoms with E-state index in [1.807, 2.05) is 6.92 Å². The fourth-order valence-corrected chi connectivity index (χ4v) is 2.59. The van der Waals surface area contributed by atoms with Crippen LogP contribution < -0.4 is 5.73 Å². The molecule has 2 heteroatoms. The second-order valence-electron chi connectivity index (χ2n) is 4.91. The van der Waals surface area contributed by atoms with E-state index < -0.39 is 0 Å². The highest BCUT2D eigenvalue weighted by Crippen LogP contribution is 2.38. The van der Waals surface area contributed by atoms with Crippen LogP contribution in [-0.2, 0) is 4.79 Å². The molecule has 0 saturated heterocycles. The molecule has 1 aliphatic rings. The third kappa shape index (κ3) is 3.98. The van der Waals surface area contributed by atoms with Crippen molar-refractivity contribution in [2.24, 2.45) is 11.1 Å². The van der Waals surface area contributed by atoms with Crippen LogP contribution >= 0.6 is 0 Å². The van der Waals surface area contributed by atoms with Gasteiger partial charge in [0.25, 0.3) is 0 Å². The van der Waals surface area contributed by atoms with Crippen molar-refractivity contribution in [3.05, 3.63) is 0 Å². The highest BCUT2D eigenvalue weighted by Gasteiger charge is 2.32. The highest BCUT2D eigenvalue weighted by molar-refractivity contribution is 5.79. The second-order valence-corrected chi connectivity index (χ2v) is 4.91. The molecule has 1 saturated carbocycles. The van der Waals surface area contributed by atoms with Crippen molar-refractivity contribution in [2.75, 3.05) is 6.54 Å². The molecule has 2 nitrogen and oxygen atoms in total. The Morgan fingerprint density at radius 2 is 2.00 bits per heavy atom. The van der Waals surface area contributed by atoms with Gasteiger partial charge in [0.1, 0.15) is 5.78 Å². The van der Waals surface area contributed by atoms with Crippen molar-refractivity contribution in [3.63, 3.8) is 0 Å². The molecular formula is C14H23NO. The molecule has 1 aliphatic carbocycles. The lowest BCUT2D eigenvalue weighted by atomic mass is 9.70.